The highest BCUT2D eigenvalue weighted by molar-refractivity contribution is 8.00. The normalized spacial score (nSPS) is 11.6. The molecule has 0 radical (unpaired) electrons. The summed E-state index contributed by atoms with van der Waals surface area (Å²) in [7, 11) is 0. The number of aromatic nitrogens is 1. The predicted octanol–water partition coefficient (Wildman–Crippen LogP) is 5.66. The third-order valence-corrected chi connectivity index (χ3v) is 6.09. The molecule has 1 heterocycles. The van der Waals surface area contributed by atoms with E-state index in [-0.39, 0.29) is 5.91 Å². The van der Waals surface area contributed by atoms with Crippen LogP contribution in [-0.4, -0.2) is 16.1 Å². The lowest BCUT2D eigenvalue weighted by molar-refractivity contribution is -0.115. The Balaban J connectivity index is 1.83. The summed E-state index contributed by atoms with van der Waals surface area (Å²) in [5, 5.41) is 12.8. The highest BCUT2D eigenvalue weighted by Crippen LogP contribution is 2.31. The lowest BCUT2D eigenvalue weighted by atomic mass is 10.0. The molecule has 5 heteroatoms. The summed E-state index contributed by atoms with van der Waals surface area (Å²) >= 11 is 1.32. The predicted molar refractivity (Wildman–Crippen MR) is 119 cm³/mol. The van der Waals surface area contributed by atoms with Crippen molar-refractivity contribution in [1.82, 2.24) is 4.98 Å². The fourth-order valence-corrected chi connectivity index (χ4v) is 4.05. The molecule has 1 amide bonds. The number of rotatable bonds is 5. The van der Waals surface area contributed by atoms with Crippen molar-refractivity contribution in [3.05, 3.63) is 77.0 Å². The van der Waals surface area contributed by atoms with Gasteiger partial charge in [-0.05, 0) is 50.5 Å². The summed E-state index contributed by atoms with van der Waals surface area (Å²) in [6.07, 6.45) is 0. The number of aryl methyl sites for hydroxylation is 1. The molecular formula is C24H23N3OS. The fourth-order valence-electron chi connectivity index (χ4n) is 3.05. The molecule has 4 nitrogen and oxygen atoms in total. The molecule has 0 saturated heterocycles. The first-order valence-corrected chi connectivity index (χ1v) is 10.3. The summed E-state index contributed by atoms with van der Waals surface area (Å²) in [5.41, 5.74) is 6.14. The van der Waals surface area contributed by atoms with Gasteiger partial charge in [0.1, 0.15) is 11.1 Å². The summed E-state index contributed by atoms with van der Waals surface area (Å²) in [5.74, 6) is -0.125. The van der Waals surface area contributed by atoms with Crippen molar-refractivity contribution in [3.8, 4) is 17.2 Å². The standard InChI is InChI=1S/C24H23N3OS/c1-15-16(2)21(14-25)24(26-17(15)3)29-18(4)23(28)27-22-13-9-8-12-20(22)19-10-6-5-7-11-19/h5-13,18H,1-4H3,(H,27,28). The first kappa shape index (κ1) is 20.6. The second kappa shape index (κ2) is 8.93. The zero-order valence-corrected chi connectivity index (χ0v) is 17.8. The fraction of sp³-hybridized carbons (Fsp3) is 0.208. The molecule has 0 aliphatic heterocycles. The second-order valence-electron chi connectivity index (χ2n) is 6.90. The van der Waals surface area contributed by atoms with E-state index in [1.807, 2.05) is 82.3 Å². The van der Waals surface area contributed by atoms with Gasteiger partial charge in [-0.15, -0.1) is 0 Å². The van der Waals surface area contributed by atoms with Crippen LogP contribution in [0.4, 0.5) is 5.69 Å². The minimum atomic E-state index is -0.403. The van der Waals surface area contributed by atoms with Gasteiger partial charge in [-0.2, -0.15) is 5.26 Å². The second-order valence-corrected chi connectivity index (χ2v) is 8.23. The molecular weight excluding hydrogens is 378 g/mol. The van der Waals surface area contributed by atoms with Crippen molar-refractivity contribution in [2.24, 2.45) is 0 Å². The number of anilines is 1. The largest absolute Gasteiger partial charge is 0.325 e. The van der Waals surface area contributed by atoms with E-state index in [1.54, 1.807) is 0 Å². The third-order valence-electron chi connectivity index (χ3n) is 5.00. The van der Waals surface area contributed by atoms with E-state index >= 15 is 0 Å². The number of para-hydroxylation sites is 1. The van der Waals surface area contributed by atoms with Gasteiger partial charge >= 0.3 is 0 Å². The number of carbonyl (C=O) groups is 1. The number of nitrogens with zero attached hydrogens (tertiary/aromatic N) is 2. The van der Waals surface area contributed by atoms with Gasteiger partial charge in [-0.25, -0.2) is 4.98 Å². The minimum Gasteiger partial charge on any atom is -0.325 e. The number of nitriles is 1. The number of hydrogen-bond acceptors (Lipinski definition) is 4. The number of nitrogens with one attached hydrogen (secondary N) is 1. The van der Waals surface area contributed by atoms with E-state index < -0.39 is 5.25 Å². The van der Waals surface area contributed by atoms with Gasteiger partial charge in [0.25, 0.3) is 0 Å². The molecule has 3 rings (SSSR count). The number of amides is 1. The Kier molecular flexibility index (Phi) is 6.36. The summed E-state index contributed by atoms with van der Waals surface area (Å²) in [6, 6.07) is 19.9. The number of benzene rings is 2. The van der Waals surface area contributed by atoms with E-state index in [0.717, 1.165) is 33.6 Å². The average molecular weight is 402 g/mol. The van der Waals surface area contributed by atoms with Crippen LogP contribution in [0.3, 0.4) is 0 Å². The summed E-state index contributed by atoms with van der Waals surface area (Å²) in [6.45, 7) is 7.64. The molecule has 1 atom stereocenters. The van der Waals surface area contributed by atoms with Crippen LogP contribution in [-0.2, 0) is 4.79 Å². The SMILES string of the molecule is Cc1nc(SC(C)C(=O)Nc2ccccc2-c2ccccc2)c(C#N)c(C)c1C. The van der Waals surface area contributed by atoms with Crippen LogP contribution in [0.1, 0.15) is 29.3 Å². The number of carbonyl (C=O) groups excluding carboxylic acids is 1. The molecule has 0 aliphatic carbocycles. The Morgan fingerprint density at radius 1 is 1.03 bits per heavy atom. The number of hydrogen-bond donors (Lipinski definition) is 1. The van der Waals surface area contributed by atoms with Crippen molar-refractivity contribution in [3.63, 3.8) is 0 Å². The molecule has 1 aromatic heterocycles. The maximum absolute atomic E-state index is 12.9. The van der Waals surface area contributed by atoms with Crippen LogP contribution in [0.2, 0.25) is 0 Å². The van der Waals surface area contributed by atoms with E-state index in [2.05, 4.69) is 16.4 Å². The highest BCUT2D eigenvalue weighted by atomic mass is 32.2. The summed E-state index contributed by atoms with van der Waals surface area (Å²) < 4.78 is 0. The quantitative estimate of drug-likeness (QED) is 0.560. The van der Waals surface area contributed by atoms with Gasteiger partial charge in [0.15, 0.2) is 0 Å². The van der Waals surface area contributed by atoms with Crippen molar-refractivity contribution >= 4 is 23.4 Å². The Morgan fingerprint density at radius 2 is 1.69 bits per heavy atom. The summed E-state index contributed by atoms with van der Waals surface area (Å²) in [4.78, 5) is 17.5. The zero-order valence-electron chi connectivity index (χ0n) is 17.0. The molecule has 0 fully saturated rings. The molecule has 1 unspecified atom stereocenters. The Morgan fingerprint density at radius 3 is 2.38 bits per heavy atom. The molecule has 0 spiro atoms. The Bertz CT molecular complexity index is 1090. The molecule has 3 aromatic rings. The van der Waals surface area contributed by atoms with Crippen molar-refractivity contribution in [1.29, 1.82) is 5.26 Å². The topological polar surface area (TPSA) is 65.8 Å². The molecule has 2 aromatic carbocycles. The molecule has 0 aliphatic rings. The minimum absolute atomic E-state index is 0.125. The number of pyridine rings is 1. The van der Waals surface area contributed by atoms with Gasteiger partial charge < -0.3 is 5.32 Å². The van der Waals surface area contributed by atoms with Gasteiger partial charge in [0, 0.05) is 16.9 Å². The van der Waals surface area contributed by atoms with Crippen molar-refractivity contribution < 1.29 is 4.79 Å². The lowest BCUT2D eigenvalue weighted by Crippen LogP contribution is -2.23. The van der Waals surface area contributed by atoms with E-state index in [1.165, 1.54) is 11.8 Å². The molecule has 29 heavy (non-hydrogen) atoms. The van der Waals surface area contributed by atoms with E-state index in [0.29, 0.717) is 10.6 Å². The van der Waals surface area contributed by atoms with Gasteiger partial charge in [0.05, 0.1) is 10.8 Å². The van der Waals surface area contributed by atoms with Crippen LogP contribution >= 0.6 is 11.8 Å². The van der Waals surface area contributed by atoms with Gasteiger partial charge in [-0.1, -0.05) is 60.3 Å². The van der Waals surface area contributed by atoms with Crippen LogP contribution in [0.5, 0.6) is 0 Å². The highest BCUT2D eigenvalue weighted by Gasteiger charge is 2.21. The van der Waals surface area contributed by atoms with E-state index in [9.17, 15) is 10.1 Å². The lowest BCUT2D eigenvalue weighted by Gasteiger charge is -2.16. The zero-order chi connectivity index (χ0) is 21.0. The van der Waals surface area contributed by atoms with Crippen LogP contribution in [0, 0.1) is 32.1 Å². The Labute approximate surface area is 176 Å². The van der Waals surface area contributed by atoms with Crippen molar-refractivity contribution in [2.45, 2.75) is 38.0 Å². The van der Waals surface area contributed by atoms with E-state index in [4.69, 9.17) is 0 Å². The maximum Gasteiger partial charge on any atom is 0.237 e. The molecule has 0 bridgehead atoms. The first-order valence-electron chi connectivity index (χ1n) is 9.42. The Hall–Kier alpha value is -3.10. The first-order chi connectivity index (χ1) is 13.9. The molecule has 1 N–H and O–H groups in total. The van der Waals surface area contributed by atoms with Crippen LogP contribution < -0.4 is 5.32 Å². The smallest absolute Gasteiger partial charge is 0.237 e. The van der Waals surface area contributed by atoms with Gasteiger partial charge in [-0.3, -0.25) is 4.79 Å². The van der Waals surface area contributed by atoms with Crippen molar-refractivity contribution in [2.75, 3.05) is 5.32 Å². The maximum atomic E-state index is 12.9. The van der Waals surface area contributed by atoms with Crippen LogP contribution in [0.25, 0.3) is 11.1 Å². The van der Waals surface area contributed by atoms with Crippen LogP contribution in [0.15, 0.2) is 59.6 Å². The molecule has 0 saturated carbocycles. The van der Waals surface area contributed by atoms with Gasteiger partial charge in [0.2, 0.25) is 5.91 Å². The monoisotopic (exact) mass is 401 g/mol. The molecule has 146 valence electrons. The average Bonchev–Trinajstić information content (AvgIpc) is 2.73. The third kappa shape index (κ3) is 4.49. The number of thioether (sulfide) groups is 1.